The molecule has 0 spiro atoms. The number of carbonyl (C=O) groups is 1. The minimum atomic E-state index is -0.907. The molecular weight excluding hydrogens is 386 g/mol. The zero-order valence-electron chi connectivity index (χ0n) is 17.9. The second-order valence-corrected chi connectivity index (χ2v) is 7.41. The van der Waals surface area contributed by atoms with Crippen LogP contribution in [-0.4, -0.2) is 29.8 Å². The smallest absolute Gasteiger partial charge is 0.217 e. The van der Waals surface area contributed by atoms with Gasteiger partial charge in [-0.25, -0.2) is 0 Å². The van der Waals surface area contributed by atoms with Gasteiger partial charge >= 0.3 is 0 Å². The number of ether oxygens (including phenoxy) is 1. The Morgan fingerprint density at radius 2 is 1.32 bits per heavy atom. The van der Waals surface area contributed by atoms with Gasteiger partial charge in [0.1, 0.15) is 5.60 Å². The summed E-state index contributed by atoms with van der Waals surface area (Å²) < 4.78 is 6.71. The molecule has 4 heteroatoms. The highest BCUT2D eigenvalue weighted by atomic mass is 16.5. The third-order valence-corrected chi connectivity index (χ3v) is 5.21. The topological polar surface area (TPSA) is 58.6 Å². The van der Waals surface area contributed by atoms with Crippen molar-refractivity contribution in [1.29, 1.82) is 0 Å². The van der Waals surface area contributed by atoms with Crippen LogP contribution in [0.25, 0.3) is 0 Å². The minimum Gasteiger partial charge on any atom is -0.387 e. The van der Waals surface area contributed by atoms with Gasteiger partial charge < -0.3 is 15.2 Å². The van der Waals surface area contributed by atoms with Crippen molar-refractivity contribution < 1.29 is 14.6 Å². The van der Waals surface area contributed by atoms with Crippen LogP contribution < -0.4 is 5.32 Å². The number of allylic oxidation sites excluding steroid dienone is 1. The Hall–Kier alpha value is -3.21. The van der Waals surface area contributed by atoms with Gasteiger partial charge in [-0.1, -0.05) is 103 Å². The predicted molar refractivity (Wildman–Crippen MR) is 124 cm³/mol. The van der Waals surface area contributed by atoms with E-state index in [1.165, 1.54) is 6.92 Å². The molecule has 4 nitrogen and oxygen atoms in total. The average molecular weight is 416 g/mol. The molecule has 2 atom stereocenters. The molecule has 0 aliphatic carbocycles. The molecule has 0 heterocycles. The molecule has 0 saturated heterocycles. The van der Waals surface area contributed by atoms with Crippen LogP contribution in [0.15, 0.2) is 103 Å². The van der Waals surface area contributed by atoms with Crippen LogP contribution in [0.4, 0.5) is 0 Å². The summed E-state index contributed by atoms with van der Waals surface area (Å²) in [6, 6.07) is 29.5. The molecule has 0 radical (unpaired) electrons. The van der Waals surface area contributed by atoms with Gasteiger partial charge in [-0.3, -0.25) is 4.79 Å². The van der Waals surface area contributed by atoms with Crippen LogP contribution in [0, 0.1) is 0 Å². The lowest BCUT2D eigenvalue weighted by molar-refractivity contribution is -0.121. The molecule has 3 aromatic rings. The Labute approximate surface area is 184 Å². The van der Waals surface area contributed by atoms with Crippen LogP contribution in [0.3, 0.4) is 0 Å². The number of rotatable bonds is 9. The van der Waals surface area contributed by atoms with Crippen molar-refractivity contribution >= 4 is 5.91 Å². The quantitative estimate of drug-likeness (QED) is 0.401. The van der Waals surface area contributed by atoms with Crippen molar-refractivity contribution in [2.45, 2.75) is 31.6 Å². The predicted octanol–water partition coefficient (Wildman–Crippen LogP) is 4.44. The van der Waals surface area contributed by atoms with E-state index in [0.717, 1.165) is 16.7 Å². The zero-order chi connectivity index (χ0) is 22.1. The first-order chi connectivity index (χ1) is 15.1. The minimum absolute atomic E-state index is 0.115. The third kappa shape index (κ3) is 5.29. The van der Waals surface area contributed by atoms with Crippen molar-refractivity contribution in [1.82, 2.24) is 5.32 Å². The molecule has 0 unspecified atom stereocenters. The fourth-order valence-electron chi connectivity index (χ4n) is 3.80. The number of aliphatic hydroxyl groups excluding tert-OH is 1. The molecule has 0 bridgehead atoms. The summed E-state index contributed by atoms with van der Waals surface area (Å²) in [6.45, 7) is 3.38. The van der Waals surface area contributed by atoms with E-state index in [1.54, 1.807) is 12.2 Å². The highest BCUT2D eigenvalue weighted by Crippen LogP contribution is 2.40. The number of benzene rings is 3. The third-order valence-electron chi connectivity index (χ3n) is 5.21. The zero-order valence-corrected chi connectivity index (χ0v) is 17.9. The molecule has 3 aromatic carbocycles. The number of hydrogen-bond acceptors (Lipinski definition) is 3. The first-order valence-corrected chi connectivity index (χ1v) is 10.5. The van der Waals surface area contributed by atoms with E-state index in [1.807, 2.05) is 97.9 Å². The first-order valence-electron chi connectivity index (χ1n) is 10.5. The molecular formula is C27H29NO3. The van der Waals surface area contributed by atoms with E-state index < -0.39 is 17.7 Å². The van der Waals surface area contributed by atoms with Gasteiger partial charge in [0.15, 0.2) is 0 Å². The second-order valence-electron chi connectivity index (χ2n) is 7.41. The summed E-state index contributed by atoms with van der Waals surface area (Å²) in [4.78, 5) is 11.8. The monoisotopic (exact) mass is 415 g/mol. The standard InChI is InChI=1S/C27H29NO3/c1-3-13-26(30)25(28-21(2)29)20-31-27(22-14-7-4-8-15-22,23-16-9-5-10-17-23)24-18-11-6-12-19-24/h3-19,25-26,30H,20H2,1-2H3,(H,28,29)/b13-3+/t25-,26+/m0/s1. The van der Waals surface area contributed by atoms with Gasteiger partial charge in [-0.05, 0) is 23.6 Å². The fraction of sp³-hybridized carbons (Fsp3) is 0.222. The van der Waals surface area contributed by atoms with E-state index in [-0.39, 0.29) is 12.5 Å². The normalized spacial score (nSPS) is 13.6. The maximum absolute atomic E-state index is 11.8. The summed E-state index contributed by atoms with van der Waals surface area (Å²) in [5.74, 6) is -0.220. The lowest BCUT2D eigenvalue weighted by Gasteiger charge is -2.37. The van der Waals surface area contributed by atoms with Crippen molar-refractivity contribution in [2.24, 2.45) is 0 Å². The van der Waals surface area contributed by atoms with Crippen LogP contribution in [-0.2, 0) is 15.1 Å². The summed E-state index contributed by atoms with van der Waals surface area (Å²) in [6.07, 6.45) is 2.55. The fourth-order valence-corrected chi connectivity index (χ4v) is 3.80. The van der Waals surface area contributed by atoms with Gasteiger partial charge in [-0.2, -0.15) is 0 Å². The van der Waals surface area contributed by atoms with Gasteiger partial charge in [0.05, 0.1) is 18.8 Å². The Bertz CT molecular complexity index is 874. The molecule has 160 valence electrons. The first kappa shape index (κ1) is 22.5. The number of hydrogen-bond donors (Lipinski definition) is 2. The van der Waals surface area contributed by atoms with Gasteiger partial charge in [-0.15, -0.1) is 0 Å². The Morgan fingerprint density at radius 3 is 1.68 bits per heavy atom. The number of carbonyl (C=O) groups excluding carboxylic acids is 1. The van der Waals surface area contributed by atoms with E-state index >= 15 is 0 Å². The van der Waals surface area contributed by atoms with E-state index in [0.29, 0.717) is 0 Å². The largest absolute Gasteiger partial charge is 0.387 e. The molecule has 0 aromatic heterocycles. The van der Waals surface area contributed by atoms with Gasteiger partial charge in [0, 0.05) is 6.92 Å². The van der Waals surface area contributed by atoms with Crippen molar-refractivity contribution in [3.8, 4) is 0 Å². The number of nitrogens with one attached hydrogen (secondary N) is 1. The lowest BCUT2D eigenvalue weighted by atomic mass is 9.80. The van der Waals surface area contributed by atoms with Gasteiger partial charge in [0.2, 0.25) is 5.91 Å². The molecule has 1 amide bonds. The maximum atomic E-state index is 11.8. The van der Waals surface area contributed by atoms with Crippen molar-refractivity contribution in [3.63, 3.8) is 0 Å². The van der Waals surface area contributed by atoms with Crippen LogP contribution >= 0.6 is 0 Å². The maximum Gasteiger partial charge on any atom is 0.217 e. The lowest BCUT2D eigenvalue weighted by Crippen LogP contribution is -2.47. The Morgan fingerprint density at radius 1 is 0.903 bits per heavy atom. The molecule has 0 aliphatic rings. The number of amides is 1. The number of aliphatic hydroxyl groups is 1. The SMILES string of the molecule is C/C=C/[C@@H](O)[C@H](COC(c1ccccc1)(c1ccccc1)c1ccccc1)NC(C)=O. The average Bonchev–Trinajstić information content (AvgIpc) is 2.81. The Kier molecular flexibility index (Phi) is 7.76. The molecule has 31 heavy (non-hydrogen) atoms. The molecule has 3 rings (SSSR count). The van der Waals surface area contributed by atoms with Crippen LogP contribution in [0.1, 0.15) is 30.5 Å². The van der Waals surface area contributed by atoms with Crippen molar-refractivity contribution in [2.75, 3.05) is 6.61 Å². The molecule has 2 N–H and O–H groups in total. The van der Waals surface area contributed by atoms with Gasteiger partial charge in [0.25, 0.3) is 0 Å². The summed E-state index contributed by atoms with van der Waals surface area (Å²) in [5, 5.41) is 13.4. The van der Waals surface area contributed by atoms with Crippen LogP contribution in [0.2, 0.25) is 0 Å². The second kappa shape index (κ2) is 10.7. The van der Waals surface area contributed by atoms with Crippen LogP contribution in [0.5, 0.6) is 0 Å². The van der Waals surface area contributed by atoms with Crippen molar-refractivity contribution in [3.05, 3.63) is 120 Å². The van der Waals surface area contributed by atoms with E-state index in [4.69, 9.17) is 4.74 Å². The van der Waals surface area contributed by atoms with E-state index in [9.17, 15) is 9.90 Å². The summed E-state index contributed by atoms with van der Waals surface area (Å²) >= 11 is 0. The summed E-state index contributed by atoms with van der Waals surface area (Å²) in [7, 11) is 0. The molecule has 0 fully saturated rings. The highest BCUT2D eigenvalue weighted by molar-refractivity contribution is 5.73. The summed E-state index contributed by atoms with van der Waals surface area (Å²) in [5.41, 5.74) is 1.99. The molecule has 0 saturated carbocycles. The van der Waals surface area contributed by atoms with E-state index in [2.05, 4.69) is 5.32 Å². The molecule has 0 aliphatic heterocycles. The Balaban J connectivity index is 2.12. The highest BCUT2D eigenvalue weighted by Gasteiger charge is 2.38.